The summed E-state index contributed by atoms with van der Waals surface area (Å²) >= 11 is 8.91. The number of hydrogen-bond acceptors (Lipinski definition) is 5. The fraction of sp³-hybridized carbons (Fsp3) is 0.353. The average molecular weight is 416 g/mol. The van der Waals surface area contributed by atoms with Gasteiger partial charge in [0.05, 0.1) is 10.6 Å². The summed E-state index contributed by atoms with van der Waals surface area (Å²) in [7, 11) is 0. The first-order valence-electron chi connectivity index (χ1n) is 7.98. The average Bonchev–Trinajstić information content (AvgIpc) is 2.94. The molecule has 0 fully saturated rings. The highest BCUT2D eigenvalue weighted by Gasteiger charge is 2.32. The van der Waals surface area contributed by atoms with Gasteiger partial charge in [-0.3, -0.25) is 0 Å². The van der Waals surface area contributed by atoms with Crippen molar-refractivity contribution in [2.45, 2.75) is 42.4 Å². The van der Waals surface area contributed by atoms with Gasteiger partial charge in [0, 0.05) is 16.5 Å². The Kier molecular flexibility index (Phi) is 4.61. The molecule has 26 heavy (non-hydrogen) atoms. The molecule has 0 amide bonds. The van der Waals surface area contributed by atoms with Gasteiger partial charge in [-0.25, -0.2) is 15.0 Å². The van der Waals surface area contributed by atoms with Gasteiger partial charge < -0.3 is 0 Å². The van der Waals surface area contributed by atoms with Crippen molar-refractivity contribution in [1.82, 2.24) is 15.0 Å². The van der Waals surface area contributed by atoms with Gasteiger partial charge in [0.1, 0.15) is 21.2 Å². The first-order valence-corrected chi connectivity index (χ1v) is 10.00. The van der Waals surface area contributed by atoms with Crippen LogP contribution in [0.25, 0.3) is 10.2 Å². The summed E-state index contributed by atoms with van der Waals surface area (Å²) in [4.78, 5) is 14.9. The first-order chi connectivity index (χ1) is 12.3. The van der Waals surface area contributed by atoms with Crippen molar-refractivity contribution in [2.75, 3.05) is 0 Å². The van der Waals surface area contributed by atoms with E-state index in [0.717, 1.165) is 41.7 Å². The van der Waals surface area contributed by atoms with E-state index in [9.17, 15) is 13.2 Å². The normalized spacial score (nSPS) is 17.5. The summed E-state index contributed by atoms with van der Waals surface area (Å²) in [6, 6.07) is 0.903. The lowest BCUT2D eigenvalue weighted by atomic mass is 9.89. The van der Waals surface area contributed by atoms with Crippen LogP contribution in [0.15, 0.2) is 28.6 Å². The van der Waals surface area contributed by atoms with Gasteiger partial charge in [-0.2, -0.15) is 13.2 Å². The number of aryl methyl sites for hydroxylation is 1. The summed E-state index contributed by atoms with van der Waals surface area (Å²) in [5, 5.41) is 1.96. The third-order valence-electron chi connectivity index (χ3n) is 4.39. The zero-order valence-corrected chi connectivity index (χ0v) is 16.0. The summed E-state index contributed by atoms with van der Waals surface area (Å²) in [5.74, 6) is 0.644. The van der Waals surface area contributed by atoms with E-state index < -0.39 is 11.7 Å². The van der Waals surface area contributed by atoms with Gasteiger partial charge in [0.2, 0.25) is 0 Å². The topological polar surface area (TPSA) is 38.7 Å². The van der Waals surface area contributed by atoms with E-state index >= 15 is 0 Å². The zero-order valence-electron chi connectivity index (χ0n) is 13.6. The molecule has 0 bridgehead atoms. The molecule has 0 N–H and O–H groups in total. The third kappa shape index (κ3) is 3.30. The number of nitrogens with zero attached hydrogens (tertiary/aromatic N) is 3. The van der Waals surface area contributed by atoms with Crippen molar-refractivity contribution in [1.29, 1.82) is 0 Å². The van der Waals surface area contributed by atoms with Crippen LogP contribution in [0.4, 0.5) is 13.2 Å². The van der Waals surface area contributed by atoms with E-state index in [0.29, 0.717) is 16.0 Å². The Morgan fingerprint density at radius 3 is 2.77 bits per heavy atom. The number of thiophene rings is 1. The summed E-state index contributed by atoms with van der Waals surface area (Å²) in [5.41, 5.74) is 0.399. The van der Waals surface area contributed by atoms with Crippen molar-refractivity contribution in [2.24, 2.45) is 5.92 Å². The van der Waals surface area contributed by atoms with E-state index in [1.165, 1.54) is 28.5 Å². The number of rotatable bonds is 2. The summed E-state index contributed by atoms with van der Waals surface area (Å²) < 4.78 is 38.4. The maximum absolute atomic E-state index is 12.8. The van der Waals surface area contributed by atoms with Crippen LogP contribution in [0, 0.1) is 5.92 Å². The minimum absolute atomic E-state index is 0.0330. The van der Waals surface area contributed by atoms with Gasteiger partial charge >= 0.3 is 6.18 Å². The summed E-state index contributed by atoms with van der Waals surface area (Å²) in [6.07, 6.45) is 0.916. The maximum Gasteiger partial charge on any atom is 0.417 e. The molecule has 0 unspecified atom stereocenters. The van der Waals surface area contributed by atoms with Crippen molar-refractivity contribution >= 4 is 44.9 Å². The lowest BCUT2D eigenvalue weighted by Gasteiger charge is -2.18. The number of hydrogen-bond donors (Lipinski definition) is 0. The lowest BCUT2D eigenvalue weighted by molar-refractivity contribution is -0.137. The van der Waals surface area contributed by atoms with E-state index in [1.807, 2.05) is 0 Å². The molecule has 3 heterocycles. The van der Waals surface area contributed by atoms with Crippen LogP contribution in [0.5, 0.6) is 0 Å². The van der Waals surface area contributed by atoms with Crippen LogP contribution in [-0.4, -0.2) is 15.0 Å². The van der Waals surface area contributed by atoms with E-state index in [1.54, 1.807) is 11.3 Å². The fourth-order valence-corrected chi connectivity index (χ4v) is 5.63. The molecular weight excluding hydrogens is 403 g/mol. The number of alkyl halides is 3. The molecule has 0 aliphatic heterocycles. The lowest BCUT2D eigenvalue weighted by Crippen LogP contribution is -2.08. The molecular formula is C17H13ClF3N3S2. The molecule has 3 aromatic heterocycles. The second-order valence-corrected chi connectivity index (χ2v) is 8.79. The number of aromatic nitrogens is 3. The molecule has 0 radical (unpaired) electrons. The molecule has 3 nitrogen and oxygen atoms in total. The quantitative estimate of drug-likeness (QED) is 0.478. The Bertz CT molecular complexity index is 987. The molecule has 0 aromatic carbocycles. The number of pyridine rings is 1. The Labute approximate surface area is 161 Å². The smallest absolute Gasteiger partial charge is 0.247 e. The van der Waals surface area contributed by atoms with E-state index in [2.05, 4.69) is 21.9 Å². The van der Waals surface area contributed by atoms with Crippen molar-refractivity contribution in [3.05, 3.63) is 39.6 Å². The van der Waals surface area contributed by atoms with Crippen molar-refractivity contribution in [3.63, 3.8) is 0 Å². The molecule has 9 heteroatoms. The molecule has 1 aliphatic carbocycles. The van der Waals surface area contributed by atoms with Crippen LogP contribution >= 0.6 is 34.7 Å². The molecule has 3 aromatic rings. The fourth-order valence-electron chi connectivity index (χ4n) is 3.07. The van der Waals surface area contributed by atoms with E-state index in [-0.39, 0.29) is 5.02 Å². The highest BCUT2D eigenvalue weighted by molar-refractivity contribution is 7.99. The maximum atomic E-state index is 12.8. The highest BCUT2D eigenvalue weighted by Crippen LogP contribution is 2.43. The highest BCUT2D eigenvalue weighted by atomic mass is 35.5. The van der Waals surface area contributed by atoms with Gasteiger partial charge in [0.25, 0.3) is 0 Å². The minimum atomic E-state index is -4.47. The van der Waals surface area contributed by atoms with Gasteiger partial charge in [0.15, 0.2) is 0 Å². The van der Waals surface area contributed by atoms with Gasteiger partial charge in [-0.1, -0.05) is 18.5 Å². The molecule has 136 valence electrons. The Morgan fingerprint density at radius 1 is 1.23 bits per heavy atom. The second-order valence-electron chi connectivity index (χ2n) is 6.32. The zero-order chi connectivity index (χ0) is 18.5. The third-order valence-corrected chi connectivity index (χ3v) is 6.97. The van der Waals surface area contributed by atoms with Gasteiger partial charge in [-0.05, 0) is 48.6 Å². The molecule has 4 rings (SSSR count). The largest absolute Gasteiger partial charge is 0.417 e. The molecule has 0 saturated carbocycles. The first kappa shape index (κ1) is 18.0. The van der Waals surface area contributed by atoms with Crippen LogP contribution in [0.1, 0.15) is 29.3 Å². The van der Waals surface area contributed by atoms with Crippen LogP contribution in [0.3, 0.4) is 0 Å². The minimum Gasteiger partial charge on any atom is -0.247 e. The molecule has 1 atom stereocenters. The standard InChI is InChI=1S/C17H13ClF3N3S2/c1-8-2-3-10-12(4-8)25-15-13(10)16(24-7-23-15)26-14-11(18)5-9(6-22-14)17(19,20)21/h5-8H,2-4H2,1H3/t8-/m1/s1. The van der Waals surface area contributed by atoms with Crippen LogP contribution in [0.2, 0.25) is 5.02 Å². The van der Waals surface area contributed by atoms with Crippen LogP contribution in [-0.2, 0) is 19.0 Å². The molecule has 0 spiro atoms. The Hall–Kier alpha value is -1.38. The monoisotopic (exact) mass is 415 g/mol. The number of halogens is 4. The molecule has 1 aliphatic rings. The van der Waals surface area contributed by atoms with Crippen molar-refractivity contribution < 1.29 is 13.2 Å². The Morgan fingerprint density at radius 2 is 2.04 bits per heavy atom. The Balaban J connectivity index is 1.74. The van der Waals surface area contributed by atoms with E-state index in [4.69, 9.17) is 11.6 Å². The van der Waals surface area contributed by atoms with Crippen LogP contribution < -0.4 is 0 Å². The summed E-state index contributed by atoms with van der Waals surface area (Å²) in [6.45, 7) is 2.24. The number of fused-ring (bicyclic) bond motifs is 3. The van der Waals surface area contributed by atoms with Gasteiger partial charge in [-0.15, -0.1) is 11.3 Å². The molecule has 0 saturated heterocycles. The second kappa shape index (κ2) is 6.65. The SMILES string of the molecule is C[C@@H]1CCc2c(sc3ncnc(Sc4ncc(C(F)(F)F)cc4Cl)c23)C1. The predicted octanol–water partition coefficient (Wildman–Crippen LogP) is 6.03. The predicted molar refractivity (Wildman–Crippen MR) is 97.0 cm³/mol. The van der Waals surface area contributed by atoms with Crippen molar-refractivity contribution in [3.8, 4) is 0 Å².